The molecule has 3 amide bonds. The first-order chi connectivity index (χ1) is 14.4. The molecule has 0 radical (unpaired) electrons. The van der Waals surface area contributed by atoms with Crippen molar-refractivity contribution in [1.82, 2.24) is 14.7 Å². The number of rotatable bonds is 5. The lowest BCUT2D eigenvalue weighted by molar-refractivity contribution is -0.133. The highest BCUT2D eigenvalue weighted by Gasteiger charge is 2.33. The summed E-state index contributed by atoms with van der Waals surface area (Å²) in [4.78, 5) is 42.4. The molecule has 0 aliphatic carbocycles. The highest BCUT2D eigenvalue weighted by Crippen LogP contribution is 2.32. The lowest BCUT2D eigenvalue weighted by Crippen LogP contribution is -2.51. The first-order valence-corrected chi connectivity index (χ1v) is 11.1. The van der Waals surface area contributed by atoms with Crippen LogP contribution in [0.25, 0.3) is 6.08 Å². The number of aryl methyl sites for hydroxylation is 1. The topological polar surface area (TPSA) is 70.2 Å². The molecule has 0 spiro atoms. The van der Waals surface area contributed by atoms with Gasteiger partial charge in [0.05, 0.1) is 11.5 Å². The molecule has 2 heterocycles. The Bertz CT molecular complexity index is 862. The molecule has 1 aromatic carbocycles. The Morgan fingerprint density at radius 3 is 2.40 bits per heavy atom. The number of nitrogens with zero attached hydrogens (tertiary/aromatic N) is 3. The van der Waals surface area contributed by atoms with Crippen LogP contribution < -0.4 is 0 Å². The van der Waals surface area contributed by atoms with Crippen LogP contribution in [0, 0.1) is 6.92 Å². The smallest absolute Gasteiger partial charge is 0.409 e. The fourth-order valence-electron chi connectivity index (χ4n) is 3.23. The second kappa shape index (κ2) is 10.1. The van der Waals surface area contributed by atoms with Gasteiger partial charge in [0.15, 0.2) is 0 Å². The molecule has 3 rings (SSSR count). The molecule has 0 atom stereocenters. The van der Waals surface area contributed by atoms with Gasteiger partial charge in [0.25, 0.3) is 5.91 Å². The average Bonchev–Trinajstić information content (AvgIpc) is 3.00. The third kappa shape index (κ3) is 5.40. The van der Waals surface area contributed by atoms with Crippen LogP contribution in [0.4, 0.5) is 4.79 Å². The maximum absolute atomic E-state index is 12.7. The van der Waals surface area contributed by atoms with Crippen molar-refractivity contribution in [1.29, 1.82) is 0 Å². The molecular weight excluding hydrogens is 422 g/mol. The first-order valence-electron chi connectivity index (χ1n) is 9.90. The quantitative estimate of drug-likeness (QED) is 0.511. The lowest BCUT2D eigenvalue weighted by Gasteiger charge is -2.34. The van der Waals surface area contributed by atoms with E-state index in [9.17, 15) is 14.4 Å². The molecular formula is C21H25N3O4S2. The van der Waals surface area contributed by atoms with Gasteiger partial charge in [-0.15, -0.1) is 0 Å². The van der Waals surface area contributed by atoms with Crippen LogP contribution in [0.5, 0.6) is 0 Å². The van der Waals surface area contributed by atoms with Gasteiger partial charge in [-0.3, -0.25) is 14.5 Å². The van der Waals surface area contributed by atoms with Gasteiger partial charge in [-0.1, -0.05) is 53.8 Å². The van der Waals surface area contributed by atoms with Crippen LogP contribution in [0.15, 0.2) is 29.2 Å². The van der Waals surface area contributed by atoms with Crippen molar-refractivity contribution in [3.05, 3.63) is 40.3 Å². The maximum Gasteiger partial charge on any atom is 0.409 e. The maximum atomic E-state index is 12.7. The Kier molecular flexibility index (Phi) is 7.49. The van der Waals surface area contributed by atoms with Crippen molar-refractivity contribution in [2.45, 2.75) is 20.3 Å². The molecule has 2 saturated heterocycles. The molecule has 2 aliphatic rings. The van der Waals surface area contributed by atoms with Crippen molar-refractivity contribution >= 4 is 52.3 Å². The number of carbonyl (C=O) groups excluding carboxylic acids is 3. The predicted octanol–water partition coefficient (Wildman–Crippen LogP) is 2.89. The zero-order valence-corrected chi connectivity index (χ0v) is 18.8. The number of ether oxygens (including phenoxy) is 1. The molecule has 30 heavy (non-hydrogen) atoms. The van der Waals surface area contributed by atoms with Crippen LogP contribution in [0.2, 0.25) is 0 Å². The molecule has 9 heteroatoms. The number of carbonyl (C=O) groups is 3. The lowest BCUT2D eigenvalue weighted by atomic mass is 10.1. The van der Waals surface area contributed by atoms with E-state index < -0.39 is 0 Å². The summed E-state index contributed by atoms with van der Waals surface area (Å²) < 4.78 is 5.46. The molecule has 0 unspecified atom stereocenters. The molecule has 2 aliphatic heterocycles. The molecule has 7 nitrogen and oxygen atoms in total. The van der Waals surface area contributed by atoms with E-state index in [0.29, 0.717) is 42.0 Å². The monoisotopic (exact) mass is 447 g/mol. The van der Waals surface area contributed by atoms with E-state index in [1.165, 1.54) is 16.7 Å². The van der Waals surface area contributed by atoms with E-state index in [1.807, 2.05) is 37.3 Å². The molecule has 2 fully saturated rings. The van der Waals surface area contributed by atoms with Gasteiger partial charge in [0, 0.05) is 39.1 Å². The van der Waals surface area contributed by atoms with Crippen LogP contribution in [0.1, 0.15) is 24.5 Å². The van der Waals surface area contributed by atoms with Crippen LogP contribution in [-0.4, -0.2) is 76.3 Å². The summed E-state index contributed by atoms with van der Waals surface area (Å²) in [5.74, 6) is -0.208. The summed E-state index contributed by atoms with van der Waals surface area (Å²) >= 11 is 6.62. The fraction of sp³-hybridized carbons (Fsp3) is 0.429. The van der Waals surface area contributed by atoms with Gasteiger partial charge in [-0.25, -0.2) is 4.79 Å². The molecule has 0 aromatic heterocycles. The van der Waals surface area contributed by atoms with E-state index in [0.717, 1.165) is 11.1 Å². The minimum Gasteiger partial charge on any atom is -0.450 e. The summed E-state index contributed by atoms with van der Waals surface area (Å²) in [6, 6.07) is 7.91. The van der Waals surface area contributed by atoms with E-state index in [4.69, 9.17) is 17.0 Å². The number of hydrogen-bond acceptors (Lipinski definition) is 6. The number of benzene rings is 1. The van der Waals surface area contributed by atoms with Crippen molar-refractivity contribution in [2.75, 3.05) is 39.3 Å². The highest BCUT2D eigenvalue weighted by molar-refractivity contribution is 8.26. The van der Waals surface area contributed by atoms with E-state index in [-0.39, 0.29) is 30.9 Å². The Labute approximate surface area is 186 Å². The molecule has 160 valence electrons. The number of amides is 3. The van der Waals surface area contributed by atoms with E-state index >= 15 is 0 Å². The van der Waals surface area contributed by atoms with Gasteiger partial charge < -0.3 is 14.5 Å². The van der Waals surface area contributed by atoms with Gasteiger partial charge in [0.1, 0.15) is 4.32 Å². The summed E-state index contributed by atoms with van der Waals surface area (Å²) in [5, 5.41) is 0. The molecule has 0 bridgehead atoms. The van der Waals surface area contributed by atoms with E-state index in [1.54, 1.807) is 16.7 Å². The number of thiocarbonyl (C=S) groups is 1. The zero-order valence-electron chi connectivity index (χ0n) is 17.1. The summed E-state index contributed by atoms with van der Waals surface area (Å²) in [7, 11) is 0. The first kappa shape index (κ1) is 22.3. The van der Waals surface area contributed by atoms with Crippen LogP contribution >= 0.6 is 24.0 Å². The Morgan fingerprint density at radius 1 is 1.13 bits per heavy atom. The SMILES string of the molecule is CCOC(=O)N1CCN(C(=O)CCN2C(=O)C(=Cc3ccc(C)cc3)SC2=S)CC1. The standard InChI is InChI=1S/C21H25N3O4S2/c1-3-28-20(27)23-12-10-22(11-13-23)18(25)8-9-24-19(26)17(30-21(24)29)14-16-6-4-15(2)5-7-16/h4-7,14H,3,8-13H2,1-2H3. The Balaban J connectivity index is 1.51. The normalized spacial score (nSPS) is 18.3. The van der Waals surface area contributed by atoms with Crippen LogP contribution in [-0.2, 0) is 14.3 Å². The minimum atomic E-state index is -0.345. The molecule has 0 saturated carbocycles. The fourth-order valence-corrected chi connectivity index (χ4v) is 4.53. The third-order valence-electron chi connectivity index (χ3n) is 4.96. The summed E-state index contributed by atoms with van der Waals surface area (Å²) in [6.45, 7) is 6.19. The largest absolute Gasteiger partial charge is 0.450 e. The zero-order chi connectivity index (χ0) is 21.7. The van der Waals surface area contributed by atoms with Crippen molar-refractivity contribution in [2.24, 2.45) is 0 Å². The minimum absolute atomic E-state index is 0.0462. The van der Waals surface area contributed by atoms with E-state index in [2.05, 4.69) is 0 Å². The van der Waals surface area contributed by atoms with Crippen LogP contribution in [0.3, 0.4) is 0 Å². The van der Waals surface area contributed by atoms with Crippen molar-refractivity contribution in [3.8, 4) is 0 Å². The van der Waals surface area contributed by atoms with Gasteiger partial charge in [-0.05, 0) is 25.5 Å². The van der Waals surface area contributed by atoms with Gasteiger partial charge in [-0.2, -0.15) is 0 Å². The molecule has 0 N–H and O–H groups in total. The predicted molar refractivity (Wildman–Crippen MR) is 121 cm³/mol. The summed E-state index contributed by atoms with van der Waals surface area (Å²) in [6.07, 6.45) is 1.68. The third-order valence-corrected chi connectivity index (χ3v) is 6.33. The summed E-state index contributed by atoms with van der Waals surface area (Å²) in [5.41, 5.74) is 2.10. The van der Waals surface area contributed by atoms with Gasteiger partial charge in [0.2, 0.25) is 5.91 Å². The Morgan fingerprint density at radius 2 is 1.77 bits per heavy atom. The highest BCUT2D eigenvalue weighted by atomic mass is 32.2. The second-order valence-electron chi connectivity index (χ2n) is 7.06. The average molecular weight is 448 g/mol. The number of piperazine rings is 1. The number of thioether (sulfide) groups is 1. The Hall–Kier alpha value is -2.39. The van der Waals surface area contributed by atoms with Crippen molar-refractivity contribution in [3.63, 3.8) is 0 Å². The number of hydrogen-bond donors (Lipinski definition) is 0. The molecule has 1 aromatic rings. The van der Waals surface area contributed by atoms with Crippen molar-refractivity contribution < 1.29 is 19.1 Å². The second-order valence-corrected chi connectivity index (χ2v) is 8.74. The van der Waals surface area contributed by atoms with Gasteiger partial charge >= 0.3 is 6.09 Å².